The lowest BCUT2D eigenvalue weighted by Gasteiger charge is -2.56. The SMILES string of the molecule is CCC(=O)N(C)[C@H]1C[C@@H](C)O[C@H]2O[C@@H]3[C@@H](C)[C@H](O[C@H]4C[C@@](C)(OC)[C@@H](O)[C@H](C)O4)[C@@H](C)C(=O)NCC(=O)N(C)C[C@H](C)C[C@]3(O)C[C@@H]21. The first-order chi connectivity index (χ1) is 21.9. The topological polar surface area (TPSA) is 156 Å². The van der Waals surface area contributed by atoms with E-state index in [1.165, 1.54) is 7.11 Å². The van der Waals surface area contributed by atoms with Crippen molar-refractivity contribution in [3.8, 4) is 0 Å². The molecule has 0 bridgehead atoms. The first-order valence-electron chi connectivity index (χ1n) is 17.3. The lowest BCUT2D eigenvalue weighted by Crippen LogP contribution is -2.65. The summed E-state index contributed by atoms with van der Waals surface area (Å²) in [6.45, 7) is 13.2. The van der Waals surface area contributed by atoms with Crippen LogP contribution >= 0.6 is 0 Å². The van der Waals surface area contributed by atoms with Gasteiger partial charge in [0.1, 0.15) is 6.10 Å². The number of aliphatic hydroxyl groups excluding tert-OH is 1. The van der Waals surface area contributed by atoms with Crippen LogP contribution in [0.1, 0.15) is 80.6 Å². The van der Waals surface area contributed by atoms with Crippen LogP contribution in [0, 0.1) is 23.7 Å². The number of nitrogens with one attached hydrogen (secondary N) is 1. The number of hydrogen-bond acceptors (Lipinski definition) is 10. The molecule has 13 nitrogen and oxygen atoms in total. The van der Waals surface area contributed by atoms with E-state index in [4.69, 9.17) is 23.7 Å². The van der Waals surface area contributed by atoms with Gasteiger partial charge < -0.3 is 49.0 Å². The number of fused-ring (bicyclic) bond motifs is 2. The number of carbonyl (C=O) groups excluding carboxylic acids is 3. The molecule has 4 aliphatic heterocycles. The van der Waals surface area contributed by atoms with Gasteiger partial charge in [0.15, 0.2) is 12.6 Å². The van der Waals surface area contributed by atoms with Crippen molar-refractivity contribution in [2.45, 2.75) is 141 Å². The summed E-state index contributed by atoms with van der Waals surface area (Å²) in [4.78, 5) is 42.9. The summed E-state index contributed by atoms with van der Waals surface area (Å²) >= 11 is 0. The summed E-state index contributed by atoms with van der Waals surface area (Å²) < 4.78 is 31.6. The maximum Gasteiger partial charge on any atom is 0.241 e. The Kier molecular flexibility index (Phi) is 12.1. The minimum atomic E-state index is -1.41. The molecule has 0 aromatic rings. The van der Waals surface area contributed by atoms with Gasteiger partial charge in [-0.05, 0) is 46.0 Å². The van der Waals surface area contributed by atoms with Crippen LogP contribution in [0.2, 0.25) is 0 Å². The lowest BCUT2D eigenvalue weighted by atomic mass is 9.69. The van der Waals surface area contributed by atoms with Gasteiger partial charge in [-0.3, -0.25) is 14.4 Å². The average molecular weight is 670 g/mol. The minimum Gasteiger partial charge on any atom is -0.387 e. The highest BCUT2D eigenvalue weighted by atomic mass is 16.7. The van der Waals surface area contributed by atoms with E-state index in [1.54, 1.807) is 44.7 Å². The number of methoxy groups -OCH3 is 1. The normalized spacial score (nSPS) is 45.4. The highest BCUT2D eigenvalue weighted by Crippen LogP contribution is 2.47. The van der Waals surface area contributed by atoms with Crippen molar-refractivity contribution in [3.63, 3.8) is 0 Å². The van der Waals surface area contributed by atoms with Gasteiger partial charge in [0.05, 0.1) is 48.1 Å². The molecule has 3 amide bonds. The van der Waals surface area contributed by atoms with Crippen molar-refractivity contribution in [2.24, 2.45) is 23.7 Å². The van der Waals surface area contributed by atoms with Crippen molar-refractivity contribution in [1.29, 1.82) is 0 Å². The second kappa shape index (κ2) is 14.9. The summed E-state index contributed by atoms with van der Waals surface area (Å²) in [5.74, 6) is -2.37. The quantitative estimate of drug-likeness (QED) is 0.394. The first-order valence-corrected chi connectivity index (χ1v) is 17.3. The zero-order valence-corrected chi connectivity index (χ0v) is 29.9. The summed E-state index contributed by atoms with van der Waals surface area (Å²) in [5.41, 5.74) is -2.36. The van der Waals surface area contributed by atoms with Crippen LogP contribution < -0.4 is 5.32 Å². The van der Waals surface area contributed by atoms with E-state index >= 15 is 0 Å². The molecular formula is C34H59N3O10. The van der Waals surface area contributed by atoms with Gasteiger partial charge in [-0.2, -0.15) is 0 Å². The molecule has 270 valence electrons. The molecule has 0 aromatic heterocycles. The molecule has 0 aromatic carbocycles. The highest BCUT2D eigenvalue weighted by molar-refractivity contribution is 5.85. The molecule has 4 heterocycles. The van der Waals surface area contributed by atoms with E-state index in [1.807, 2.05) is 27.7 Å². The molecule has 4 fully saturated rings. The predicted molar refractivity (Wildman–Crippen MR) is 172 cm³/mol. The molecular weight excluding hydrogens is 610 g/mol. The Hall–Kier alpha value is -1.87. The van der Waals surface area contributed by atoms with Crippen molar-refractivity contribution < 1.29 is 48.3 Å². The van der Waals surface area contributed by atoms with Gasteiger partial charge in [0.25, 0.3) is 0 Å². The fraction of sp³-hybridized carbons (Fsp3) is 0.912. The van der Waals surface area contributed by atoms with E-state index < -0.39 is 60.0 Å². The maximum atomic E-state index is 13.6. The largest absolute Gasteiger partial charge is 0.387 e. The zero-order chi connectivity index (χ0) is 35.0. The summed E-state index contributed by atoms with van der Waals surface area (Å²) in [7, 11) is 5.03. The van der Waals surface area contributed by atoms with Crippen LogP contribution in [-0.2, 0) is 38.1 Å². The number of rotatable bonds is 5. The third-order valence-electron chi connectivity index (χ3n) is 11.2. The maximum absolute atomic E-state index is 13.6. The first kappa shape index (κ1) is 37.9. The molecule has 4 aliphatic rings. The molecule has 0 aliphatic carbocycles. The summed E-state index contributed by atoms with van der Waals surface area (Å²) in [6, 6.07) is -0.201. The molecule has 0 unspecified atom stereocenters. The van der Waals surface area contributed by atoms with Gasteiger partial charge >= 0.3 is 0 Å². The van der Waals surface area contributed by atoms with E-state index in [9.17, 15) is 24.6 Å². The van der Waals surface area contributed by atoms with E-state index in [-0.39, 0.29) is 54.7 Å². The number of hydrogen-bond donors (Lipinski definition) is 3. The van der Waals surface area contributed by atoms with Crippen LogP contribution in [0.3, 0.4) is 0 Å². The number of carbonyl (C=O) groups is 3. The van der Waals surface area contributed by atoms with Crippen molar-refractivity contribution in [1.82, 2.24) is 15.1 Å². The zero-order valence-electron chi connectivity index (χ0n) is 29.9. The highest BCUT2D eigenvalue weighted by Gasteiger charge is 2.57. The number of nitrogens with zero attached hydrogens (tertiary/aromatic N) is 2. The van der Waals surface area contributed by atoms with E-state index in [0.717, 1.165) is 0 Å². The second-order valence-corrected chi connectivity index (χ2v) is 15.0. The second-order valence-electron chi connectivity index (χ2n) is 15.0. The van der Waals surface area contributed by atoms with Gasteiger partial charge in [0.2, 0.25) is 17.7 Å². The number of aliphatic hydroxyl groups is 2. The molecule has 4 rings (SSSR count). The Morgan fingerprint density at radius 1 is 1.11 bits per heavy atom. The molecule has 0 saturated carbocycles. The van der Waals surface area contributed by atoms with Crippen molar-refractivity contribution in [3.05, 3.63) is 0 Å². The smallest absolute Gasteiger partial charge is 0.241 e. The predicted octanol–water partition coefficient (Wildman–Crippen LogP) is 1.67. The number of likely N-dealkylation sites (N-methyl/N-ethyl adjacent to an activating group) is 1. The van der Waals surface area contributed by atoms with Crippen LogP contribution in [0.5, 0.6) is 0 Å². The van der Waals surface area contributed by atoms with Gasteiger partial charge in [0, 0.05) is 58.5 Å². The number of ether oxygens (including phenoxy) is 5. The van der Waals surface area contributed by atoms with Gasteiger partial charge in [-0.1, -0.05) is 27.7 Å². The van der Waals surface area contributed by atoms with Crippen molar-refractivity contribution >= 4 is 17.7 Å². The Labute approximate surface area is 279 Å². The van der Waals surface area contributed by atoms with Crippen LogP contribution in [0.15, 0.2) is 0 Å². The van der Waals surface area contributed by atoms with Crippen LogP contribution in [0.25, 0.3) is 0 Å². The Bertz CT molecular complexity index is 1130. The fourth-order valence-electron chi connectivity index (χ4n) is 8.42. The third-order valence-corrected chi connectivity index (χ3v) is 11.2. The molecule has 0 radical (unpaired) electrons. The van der Waals surface area contributed by atoms with E-state index in [0.29, 0.717) is 32.2 Å². The molecule has 13 heteroatoms. The lowest BCUT2D eigenvalue weighted by molar-refractivity contribution is -0.337. The van der Waals surface area contributed by atoms with Gasteiger partial charge in [-0.15, -0.1) is 0 Å². The third kappa shape index (κ3) is 7.97. The monoisotopic (exact) mass is 669 g/mol. The summed E-state index contributed by atoms with van der Waals surface area (Å²) in [5, 5.41) is 26.4. The van der Waals surface area contributed by atoms with Crippen molar-refractivity contribution in [2.75, 3.05) is 34.3 Å². The van der Waals surface area contributed by atoms with Crippen LogP contribution in [0.4, 0.5) is 0 Å². The fourth-order valence-corrected chi connectivity index (χ4v) is 8.42. The van der Waals surface area contributed by atoms with E-state index in [2.05, 4.69) is 5.32 Å². The molecule has 47 heavy (non-hydrogen) atoms. The average Bonchev–Trinajstić information content (AvgIpc) is 3.02. The summed E-state index contributed by atoms with van der Waals surface area (Å²) in [6.07, 6.45) is -3.09. The standard InChI is InChI=1S/C34H59N3O10/c1-11-25(38)37(9)24-12-19(3)44-32-23(24)14-34(42)13-18(2)17-36(8)26(39)16-35-31(41)21(5)28(20(4)30(34)47-32)46-27-15-33(7,43-10)29(40)22(6)45-27/h18-24,27-30,32,40,42H,11-17H2,1-10H3,(H,35,41)/t18-,19-,20+,21-,22+,23-,24+,27+,28+,29+,30-,32+,33-,34+/m1/s1. The number of amides is 3. The Morgan fingerprint density at radius 3 is 2.43 bits per heavy atom. The minimum absolute atomic E-state index is 0.0111. The molecule has 4 saturated heterocycles. The Morgan fingerprint density at radius 2 is 1.79 bits per heavy atom. The molecule has 0 spiro atoms. The molecule has 14 atom stereocenters. The molecule has 3 N–H and O–H groups in total. The van der Waals surface area contributed by atoms with Gasteiger partial charge in [-0.25, -0.2) is 0 Å². The Balaban J connectivity index is 1.75. The van der Waals surface area contributed by atoms with Crippen LogP contribution in [-0.4, -0.2) is 132 Å².